The molecule has 78 valence electrons. The molecular formula is C7H4Cl3N5. The molecule has 0 unspecified atom stereocenters. The molecule has 0 saturated heterocycles. The Bertz CT molecular complexity index is 509. The Morgan fingerprint density at radius 1 is 1.07 bits per heavy atom. The Morgan fingerprint density at radius 2 is 1.73 bits per heavy atom. The third-order valence-electron chi connectivity index (χ3n) is 1.71. The zero-order valence-electron chi connectivity index (χ0n) is 7.15. The van der Waals surface area contributed by atoms with Gasteiger partial charge in [0.15, 0.2) is 0 Å². The topological polar surface area (TPSA) is 69.6 Å². The molecule has 0 aliphatic carbocycles. The molecule has 1 aromatic heterocycles. The molecule has 1 heterocycles. The molecule has 0 amide bonds. The van der Waals surface area contributed by atoms with E-state index in [4.69, 9.17) is 40.5 Å². The van der Waals surface area contributed by atoms with Crippen LogP contribution >= 0.6 is 34.8 Å². The molecule has 0 saturated carbocycles. The zero-order chi connectivity index (χ0) is 11.0. The largest absolute Gasteiger partial charge is 0.366 e. The van der Waals surface area contributed by atoms with Crippen molar-refractivity contribution in [3.63, 3.8) is 0 Å². The van der Waals surface area contributed by atoms with Gasteiger partial charge in [0, 0.05) is 0 Å². The Hall–Kier alpha value is -1.04. The number of nitrogens with zero attached hydrogens (tertiary/aromatic N) is 4. The van der Waals surface area contributed by atoms with E-state index in [2.05, 4.69) is 15.5 Å². The first-order valence-corrected chi connectivity index (χ1v) is 4.92. The molecule has 2 N–H and O–H groups in total. The molecule has 0 atom stereocenters. The van der Waals surface area contributed by atoms with Gasteiger partial charge in [-0.2, -0.15) is 4.68 Å². The van der Waals surface area contributed by atoms with Crippen LogP contribution in [0.4, 0.5) is 5.95 Å². The molecule has 5 nitrogen and oxygen atoms in total. The van der Waals surface area contributed by atoms with Crippen LogP contribution in [0, 0.1) is 0 Å². The van der Waals surface area contributed by atoms with Crippen molar-refractivity contribution in [2.75, 3.05) is 5.73 Å². The molecule has 2 aromatic rings. The van der Waals surface area contributed by atoms with Crippen LogP contribution in [0.25, 0.3) is 5.69 Å². The molecule has 0 radical (unpaired) electrons. The predicted octanol–water partition coefficient (Wildman–Crippen LogP) is 2.20. The summed E-state index contributed by atoms with van der Waals surface area (Å²) in [6.07, 6.45) is 0. The Balaban J connectivity index is 2.64. The van der Waals surface area contributed by atoms with Crippen molar-refractivity contribution in [2.45, 2.75) is 0 Å². The average molecular weight is 265 g/mol. The number of rotatable bonds is 1. The monoisotopic (exact) mass is 263 g/mol. The van der Waals surface area contributed by atoms with E-state index in [1.54, 1.807) is 6.07 Å². The van der Waals surface area contributed by atoms with Crippen LogP contribution in [0.3, 0.4) is 0 Å². The second kappa shape index (κ2) is 3.84. The minimum Gasteiger partial charge on any atom is -0.366 e. The van der Waals surface area contributed by atoms with E-state index in [9.17, 15) is 0 Å². The maximum Gasteiger partial charge on any atom is 0.245 e. The number of hydrogen-bond acceptors (Lipinski definition) is 4. The fourth-order valence-electron chi connectivity index (χ4n) is 1.04. The van der Waals surface area contributed by atoms with Gasteiger partial charge in [-0.1, -0.05) is 39.9 Å². The van der Waals surface area contributed by atoms with Gasteiger partial charge in [-0.05, 0) is 22.6 Å². The molecule has 0 fully saturated rings. The van der Waals surface area contributed by atoms with Crippen molar-refractivity contribution in [1.82, 2.24) is 20.2 Å². The van der Waals surface area contributed by atoms with Crippen LogP contribution in [-0.4, -0.2) is 20.2 Å². The number of halogens is 3. The number of tetrazole rings is 1. The number of hydrogen-bond donors (Lipinski definition) is 1. The number of aromatic nitrogens is 4. The van der Waals surface area contributed by atoms with Gasteiger partial charge < -0.3 is 5.73 Å². The molecule has 0 aliphatic rings. The lowest BCUT2D eigenvalue weighted by Crippen LogP contribution is -2.03. The fourth-order valence-corrected chi connectivity index (χ4v) is 1.66. The number of nitrogens with two attached hydrogens (primary N) is 1. The van der Waals surface area contributed by atoms with Gasteiger partial charge in [0.2, 0.25) is 5.95 Å². The van der Waals surface area contributed by atoms with E-state index < -0.39 is 0 Å². The Morgan fingerprint density at radius 3 is 2.33 bits per heavy atom. The van der Waals surface area contributed by atoms with Crippen molar-refractivity contribution in [1.29, 1.82) is 0 Å². The maximum atomic E-state index is 5.95. The number of benzene rings is 1. The summed E-state index contributed by atoms with van der Waals surface area (Å²) in [6.45, 7) is 0. The summed E-state index contributed by atoms with van der Waals surface area (Å²) >= 11 is 17.6. The second-order valence-electron chi connectivity index (χ2n) is 2.67. The van der Waals surface area contributed by atoms with E-state index >= 15 is 0 Å². The number of nitrogen functional groups attached to an aromatic ring is 1. The van der Waals surface area contributed by atoms with Crippen LogP contribution in [0.15, 0.2) is 12.1 Å². The summed E-state index contributed by atoms with van der Waals surface area (Å²) < 4.78 is 1.27. The van der Waals surface area contributed by atoms with Gasteiger partial charge in [-0.25, -0.2) is 0 Å². The highest BCUT2D eigenvalue weighted by Crippen LogP contribution is 2.31. The summed E-state index contributed by atoms with van der Waals surface area (Å²) in [5, 5.41) is 11.7. The van der Waals surface area contributed by atoms with Crippen LogP contribution < -0.4 is 5.73 Å². The smallest absolute Gasteiger partial charge is 0.245 e. The quantitative estimate of drug-likeness (QED) is 0.802. The van der Waals surface area contributed by atoms with Crippen molar-refractivity contribution in [3.05, 3.63) is 27.2 Å². The van der Waals surface area contributed by atoms with Crippen molar-refractivity contribution >= 4 is 40.8 Å². The van der Waals surface area contributed by atoms with Gasteiger partial charge in [-0.3, -0.25) is 0 Å². The summed E-state index contributed by atoms with van der Waals surface area (Å²) in [7, 11) is 0. The average Bonchev–Trinajstić information content (AvgIpc) is 2.58. The highest BCUT2D eigenvalue weighted by molar-refractivity contribution is 6.43. The third-order valence-corrected chi connectivity index (χ3v) is 2.74. The lowest BCUT2D eigenvalue weighted by molar-refractivity contribution is 0.792. The van der Waals surface area contributed by atoms with Gasteiger partial charge in [-0.15, -0.1) is 0 Å². The van der Waals surface area contributed by atoms with E-state index in [-0.39, 0.29) is 5.95 Å². The highest BCUT2D eigenvalue weighted by atomic mass is 35.5. The fraction of sp³-hybridized carbons (Fsp3) is 0. The van der Waals surface area contributed by atoms with Gasteiger partial charge >= 0.3 is 0 Å². The van der Waals surface area contributed by atoms with Crippen molar-refractivity contribution in [2.24, 2.45) is 0 Å². The van der Waals surface area contributed by atoms with Gasteiger partial charge in [0.1, 0.15) is 0 Å². The second-order valence-corrected chi connectivity index (χ2v) is 3.89. The van der Waals surface area contributed by atoms with Crippen LogP contribution in [-0.2, 0) is 0 Å². The van der Waals surface area contributed by atoms with E-state index in [1.807, 2.05) is 0 Å². The summed E-state index contributed by atoms with van der Waals surface area (Å²) in [5.74, 6) is 0.121. The first kappa shape index (κ1) is 10.5. The normalized spacial score (nSPS) is 10.6. The highest BCUT2D eigenvalue weighted by Gasteiger charge is 2.11. The maximum absolute atomic E-state index is 5.95. The molecule has 15 heavy (non-hydrogen) atoms. The van der Waals surface area contributed by atoms with Crippen LogP contribution in [0.1, 0.15) is 0 Å². The van der Waals surface area contributed by atoms with Gasteiger partial charge in [0.05, 0.1) is 20.8 Å². The zero-order valence-corrected chi connectivity index (χ0v) is 9.42. The van der Waals surface area contributed by atoms with E-state index in [0.29, 0.717) is 20.8 Å². The summed E-state index contributed by atoms with van der Waals surface area (Å²) in [5.41, 5.74) is 6.00. The summed E-state index contributed by atoms with van der Waals surface area (Å²) in [6, 6.07) is 3.04. The Kier molecular flexibility index (Phi) is 2.68. The number of anilines is 1. The minimum absolute atomic E-state index is 0.121. The van der Waals surface area contributed by atoms with E-state index in [0.717, 1.165) is 0 Å². The van der Waals surface area contributed by atoms with Crippen molar-refractivity contribution < 1.29 is 0 Å². The Labute approximate surface area is 99.7 Å². The molecule has 0 spiro atoms. The molecule has 8 heteroatoms. The SMILES string of the molecule is Nc1nnnn1-c1cc(Cl)c(Cl)cc1Cl. The molecule has 2 rings (SSSR count). The third kappa shape index (κ3) is 1.86. The first-order valence-electron chi connectivity index (χ1n) is 3.78. The van der Waals surface area contributed by atoms with Crippen LogP contribution in [0.2, 0.25) is 15.1 Å². The molecular weight excluding hydrogens is 260 g/mol. The first-order chi connectivity index (χ1) is 7.09. The van der Waals surface area contributed by atoms with Crippen LogP contribution in [0.5, 0.6) is 0 Å². The molecule has 0 aliphatic heterocycles. The standard InChI is InChI=1S/C7H4Cl3N5/c8-3-1-5(10)6(2-4(3)9)15-7(11)12-13-14-15/h1-2H,(H2,11,12,14). The summed E-state index contributed by atoms with van der Waals surface area (Å²) in [4.78, 5) is 0. The molecule has 0 bridgehead atoms. The van der Waals surface area contributed by atoms with Gasteiger partial charge in [0.25, 0.3) is 0 Å². The predicted molar refractivity (Wildman–Crippen MR) is 58.6 cm³/mol. The minimum atomic E-state index is 0.121. The van der Waals surface area contributed by atoms with Crippen molar-refractivity contribution in [3.8, 4) is 5.69 Å². The molecule has 1 aromatic carbocycles. The van der Waals surface area contributed by atoms with E-state index in [1.165, 1.54) is 10.7 Å². The lowest BCUT2D eigenvalue weighted by atomic mass is 10.3. The lowest BCUT2D eigenvalue weighted by Gasteiger charge is -2.05.